The van der Waals surface area contributed by atoms with Gasteiger partial charge in [0.25, 0.3) is 10.0 Å². The number of rotatable bonds is 4. The molecule has 0 radical (unpaired) electrons. The Kier molecular flexibility index (Phi) is 3.69. The molecule has 1 aromatic carbocycles. The fourth-order valence-corrected chi connectivity index (χ4v) is 3.09. The van der Waals surface area contributed by atoms with Crippen LogP contribution >= 0.6 is 0 Å². The molecule has 0 aliphatic heterocycles. The van der Waals surface area contributed by atoms with E-state index in [2.05, 4.69) is 9.82 Å². The van der Waals surface area contributed by atoms with Gasteiger partial charge in [-0.05, 0) is 19.1 Å². The van der Waals surface area contributed by atoms with Gasteiger partial charge in [0.1, 0.15) is 11.6 Å². The molecule has 7 nitrogen and oxygen atoms in total. The van der Waals surface area contributed by atoms with E-state index in [0.717, 1.165) is 12.1 Å². The molecule has 1 heterocycles. The molecule has 0 unspecified atom stereocenters. The molecule has 2 aromatic rings. The number of aryl methyl sites for hydroxylation is 1. The van der Waals surface area contributed by atoms with Crippen LogP contribution in [0.4, 0.5) is 10.2 Å². The van der Waals surface area contributed by atoms with Gasteiger partial charge in [-0.1, -0.05) is 0 Å². The van der Waals surface area contributed by atoms with Crippen LogP contribution in [0.1, 0.15) is 15.9 Å². The van der Waals surface area contributed by atoms with Crippen molar-refractivity contribution >= 4 is 21.8 Å². The quantitative estimate of drug-likeness (QED) is 0.887. The second-order valence-electron chi connectivity index (χ2n) is 4.33. The predicted molar refractivity (Wildman–Crippen MR) is 72.1 cm³/mol. The fraction of sp³-hybridized carbons (Fsp3) is 0.167. The summed E-state index contributed by atoms with van der Waals surface area (Å²) in [5.41, 5.74) is -0.599. The van der Waals surface area contributed by atoms with Crippen molar-refractivity contribution in [2.75, 3.05) is 4.72 Å². The Bertz CT molecular complexity index is 814. The molecular formula is C12H12FN3O4S. The Morgan fingerprint density at radius 3 is 2.62 bits per heavy atom. The van der Waals surface area contributed by atoms with E-state index in [4.69, 9.17) is 5.11 Å². The standard InChI is InChI=1S/C12H12FN3O4S/c1-7-9(13)5-8(12(17)18)6-10(7)21(19,20)15-11-3-4-14-16(11)2/h3-6,15H,1-2H3,(H,17,18). The minimum atomic E-state index is -4.13. The van der Waals surface area contributed by atoms with E-state index in [9.17, 15) is 17.6 Å². The summed E-state index contributed by atoms with van der Waals surface area (Å²) in [5, 5.41) is 12.7. The lowest BCUT2D eigenvalue weighted by atomic mass is 10.1. The van der Waals surface area contributed by atoms with Gasteiger partial charge in [-0.2, -0.15) is 5.10 Å². The zero-order valence-corrected chi connectivity index (χ0v) is 12.0. The number of sulfonamides is 1. The summed E-state index contributed by atoms with van der Waals surface area (Å²) >= 11 is 0. The SMILES string of the molecule is Cc1c(F)cc(C(=O)O)cc1S(=O)(=O)Nc1ccnn1C. The third-order valence-electron chi connectivity index (χ3n) is 2.89. The molecule has 1 aromatic heterocycles. The van der Waals surface area contributed by atoms with E-state index in [1.807, 2.05) is 0 Å². The van der Waals surface area contributed by atoms with Crippen molar-refractivity contribution in [2.45, 2.75) is 11.8 Å². The van der Waals surface area contributed by atoms with Crippen molar-refractivity contribution in [3.63, 3.8) is 0 Å². The number of aromatic nitrogens is 2. The van der Waals surface area contributed by atoms with Crippen molar-refractivity contribution in [3.8, 4) is 0 Å². The highest BCUT2D eigenvalue weighted by molar-refractivity contribution is 7.92. The van der Waals surface area contributed by atoms with Gasteiger partial charge in [0.15, 0.2) is 0 Å². The second-order valence-corrected chi connectivity index (χ2v) is 5.98. The van der Waals surface area contributed by atoms with Crippen LogP contribution in [0.5, 0.6) is 0 Å². The predicted octanol–water partition coefficient (Wildman–Crippen LogP) is 1.37. The van der Waals surface area contributed by atoms with Gasteiger partial charge in [-0.25, -0.2) is 17.6 Å². The van der Waals surface area contributed by atoms with Gasteiger partial charge in [0.05, 0.1) is 16.7 Å². The van der Waals surface area contributed by atoms with Crippen LogP contribution in [0.3, 0.4) is 0 Å². The fourth-order valence-electron chi connectivity index (χ4n) is 1.72. The molecule has 0 amide bonds. The summed E-state index contributed by atoms with van der Waals surface area (Å²) in [6.45, 7) is 1.26. The van der Waals surface area contributed by atoms with Gasteiger partial charge < -0.3 is 5.11 Å². The molecule has 9 heteroatoms. The van der Waals surface area contributed by atoms with Crippen LogP contribution in [-0.4, -0.2) is 29.3 Å². The highest BCUT2D eigenvalue weighted by atomic mass is 32.2. The third-order valence-corrected chi connectivity index (χ3v) is 4.37. The number of hydrogen-bond donors (Lipinski definition) is 2. The van der Waals surface area contributed by atoms with E-state index in [1.165, 1.54) is 30.9 Å². The minimum absolute atomic E-state index is 0.158. The minimum Gasteiger partial charge on any atom is -0.478 e. The first-order valence-electron chi connectivity index (χ1n) is 5.76. The summed E-state index contributed by atoms with van der Waals surface area (Å²) in [4.78, 5) is 10.5. The zero-order valence-electron chi connectivity index (χ0n) is 11.2. The number of carbonyl (C=O) groups is 1. The van der Waals surface area contributed by atoms with Crippen LogP contribution in [0.15, 0.2) is 29.3 Å². The Morgan fingerprint density at radius 1 is 1.43 bits per heavy atom. The van der Waals surface area contributed by atoms with Gasteiger partial charge in [-0.3, -0.25) is 9.40 Å². The number of carboxylic acid groups (broad SMARTS) is 1. The first-order valence-corrected chi connectivity index (χ1v) is 7.25. The summed E-state index contributed by atoms with van der Waals surface area (Å²) in [6, 6.07) is 3.12. The maximum absolute atomic E-state index is 13.7. The number of nitrogens with zero attached hydrogens (tertiary/aromatic N) is 2. The van der Waals surface area contributed by atoms with Gasteiger partial charge in [-0.15, -0.1) is 0 Å². The smallest absolute Gasteiger partial charge is 0.335 e. The lowest BCUT2D eigenvalue weighted by Gasteiger charge is -2.11. The molecule has 0 aliphatic rings. The second kappa shape index (κ2) is 5.17. The molecule has 0 fully saturated rings. The Balaban J connectivity index is 2.54. The number of nitrogens with one attached hydrogen (secondary N) is 1. The van der Waals surface area contributed by atoms with Crippen LogP contribution in [0.2, 0.25) is 0 Å². The molecule has 0 saturated heterocycles. The number of benzene rings is 1. The Labute approximate surface area is 120 Å². The lowest BCUT2D eigenvalue weighted by molar-refractivity contribution is 0.0696. The topological polar surface area (TPSA) is 101 Å². The molecule has 2 rings (SSSR count). The normalized spacial score (nSPS) is 11.4. The maximum Gasteiger partial charge on any atom is 0.335 e. The maximum atomic E-state index is 13.7. The van der Waals surface area contributed by atoms with Crippen molar-refractivity contribution in [1.82, 2.24) is 9.78 Å². The number of halogens is 1. The van der Waals surface area contributed by atoms with Crippen molar-refractivity contribution < 1.29 is 22.7 Å². The van der Waals surface area contributed by atoms with E-state index in [-0.39, 0.29) is 11.4 Å². The first-order chi connectivity index (χ1) is 9.72. The van der Waals surface area contributed by atoms with Crippen LogP contribution in [0.25, 0.3) is 0 Å². The summed E-state index contributed by atoms with van der Waals surface area (Å²) < 4.78 is 41.8. The molecule has 0 saturated carbocycles. The largest absolute Gasteiger partial charge is 0.478 e. The van der Waals surface area contributed by atoms with E-state index >= 15 is 0 Å². The van der Waals surface area contributed by atoms with Crippen LogP contribution < -0.4 is 4.72 Å². The summed E-state index contributed by atoms with van der Waals surface area (Å²) in [6.07, 6.45) is 1.39. The molecule has 0 aliphatic carbocycles. The van der Waals surface area contributed by atoms with Crippen molar-refractivity contribution in [3.05, 3.63) is 41.3 Å². The monoisotopic (exact) mass is 313 g/mol. The number of aromatic carboxylic acids is 1. The van der Waals surface area contributed by atoms with Crippen molar-refractivity contribution in [2.24, 2.45) is 7.05 Å². The average molecular weight is 313 g/mol. The Hall–Kier alpha value is -2.42. The molecule has 2 N–H and O–H groups in total. The highest BCUT2D eigenvalue weighted by Gasteiger charge is 2.23. The lowest BCUT2D eigenvalue weighted by Crippen LogP contribution is -2.18. The number of carboxylic acids is 1. The Morgan fingerprint density at radius 2 is 2.10 bits per heavy atom. The first kappa shape index (κ1) is 15.0. The van der Waals surface area contributed by atoms with Gasteiger partial charge in [0, 0.05) is 18.7 Å². The zero-order chi connectivity index (χ0) is 15.8. The molecular weight excluding hydrogens is 301 g/mol. The van der Waals surface area contributed by atoms with Crippen LogP contribution in [-0.2, 0) is 17.1 Å². The number of hydrogen-bond acceptors (Lipinski definition) is 4. The molecule has 21 heavy (non-hydrogen) atoms. The summed E-state index contributed by atoms with van der Waals surface area (Å²) in [7, 11) is -2.60. The van der Waals surface area contributed by atoms with Gasteiger partial charge in [0.2, 0.25) is 0 Å². The van der Waals surface area contributed by atoms with E-state index in [1.54, 1.807) is 0 Å². The van der Waals surface area contributed by atoms with Crippen LogP contribution in [0, 0.1) is 12.7 Å². The highest BCUT2D eigenvalue weighted by Crippen LogP contribution is 2.23. The molecule has 0 spiro atoms. The summed E-state index contributed by atoms with van der Waals surface area (Å²) in [5.74, 6) is -2.14. The third kappa shape index (κ3) is 2.87. The molecule has 0 atom stereocenters. The van der Waals surface area contributed by atoms with Gasteiger partial charge >= 0.3 is 5.97 Å². The number of anilines is 1. The van der Waals surface area contributed by atoms with Crippen molar-refractivity contribution in [1.29, 1.82) is 0 Å². The van der Waals surface area contributed by atoms with E-state index in [0.29, 0.717) is 0 Å². The van der Waals surface area contributed by atoms with E-state index < -0.39 is 32.3 Å². The molecule has 0 bridgehead atoms. The average Bonchev–Trinajstić information content (AvgIpc) is 2.77. The molecule has 112 valence electrons.